The summed E-state index contributed by atoms with van der Waals surface area (Å²) in [5.41, 5.74) is 8.10. The Hall–Kier alpha value is -0.933. The summed E-state index contributed by atoms with van der Waals surface area (Å²) in [5, 5.41) is 0. The van der Waals surface area contributed by atoms with E-state index in [0.29, 0.717) is 11.8 Å². The van der Waals surface area contributed by atoms with Crippen molar-refractivity contribution in [1.29, 1.82) is 0 Å². The van der Waals surface area contributed by atoms with Gasteiger partial charge in [-0.2, -0.15) is 23.3 Å². The van der Waals surface area contributed by atoms with Gasteiger partial charge in [-0.15, -0.1) is 11.1 Å². The minimum atomic E-state index is 0. The Labute approximate surface area is 222 Å². The number of allylic oxidation sites excluding steroid dienone is 8. The van der Waals surface area contributed by atoms with Crippen molar-refractivity contribution >= 4 is 16.6 Å². The van der Waals surface area contributed by atoms with Gasteiger partial charge in [-0.05, 0) is 0 Å². The third-order valence-electron chi connectivity index (χ3n) is 4.70. The van der Waals surface area contributed by atoms with E-state index < -0.39 is 0 Å². The van der Waals surface area contributed by atoms with E-state index in [0.717, 1.165) is 0 Å². The normalized spacial score (nSPS) is 18.1. The standard InChI is InChI=1S/2C13H13.C2H6Si.2ClH.Hf/c2*1-10-8-11(2)13(9-10)12-6-4-3-5-7-12;1-3-2;;;/h2*3-7,9-10H,1-2H3;1-2H3;2*1H;/q2*-1;;;;+2/p-2. The molecule has 0 aliphatic heterocycles. The molecule has 0 spiro atoms. The molecule has 2 unspecified atom stereocenters. The van der Waals surface area contributed by atoms with Crippen molar-refractivity contribution in [2.75, 3.05) is 0 Å². The maximum Gasteiger partial charge on any atom is -1.00 e. The molecule has 4 heteroatoms. The fraction of sp³-hybridized carbons (Fsp3) is 0.286. The molecule has 0 heterocycles. The molecule has 0 amide bonds. The molecule has 0 fully saturated rings. The maximum absolute atomic E-state index is 3.39. The van der Waals surface area contributed by atoms with Crippen LogP contribution >= 0.6 is 0 Å². The van der Waals surface area contributed by atoms with Crippen molar-refractivity contribution in [2.45, 2.75) is 40.8 Å². The summed E-state index contributed by atoms with van der Waals surface area (Å²) in [6.07, 6.45) is 11.3. The van der Waals surface area contributed by atoms with Crippen LogP contribution in [0.1, 0.15) is 38.8 Å². The third-order valence-corrected chi connectivity index (χ3v) is 4.70. The van der Waals surface area contributed by atoms with Gasteiger partial charge in [-0.25, -0.2) is 11.1 Å². The first kappa shape index (κ1) is 31.1. The van der Waals surface area contributed by atoms with E-state index in [2.05, 4.69) is 114 Å². The zero-order valence-electron chi connectivity index (χ0n) is 19.8. The van der Waals surface area contributed by atoms with Crippen LogP contribution < -0.4 is 24.8 Å². The van der Waals surface area contributed by atoms with Crippen LogP contribution in [0.25, 0.3) is 11.1 Å². The molecule has 2 aromatic rings. The Morgan fingerprint density at radius 1 is 0.656 bits per heavy atom. The maximum atomic E-state index is 3.39. The van der Waals surface area contributed by atoms with E-state index in [9.17, 15) is 0 Å². The van der Waals surface area contributed by atoms with Crippen LogP contribution in [0, 0.1) is 24.0 Å². The second-order valence-corrected chi connectivity index (χ2v) is 20.8. The number of halogens is 2. The summed E-state index contributed by atoms with van der Waals surface area (Å²) < 4.78 is 0. The second kappa shape index (κ2) is 15.8. The van der Waals surface area contributed by atoms with Crippen LogP contribution in [0.2, 0.25) is 13.1 Å². The Morgan fingerprint density at radius 2 is 0.938 bits per heavy atom. The summed E-state index contributed by atoms with van der Waals surface area (Å²) in [6, 6.07) is 21.0. The molecule has 0 aromatic heterocycles. The average molecular weight is 646 g/mol. The summed E-state index contributed by atoms with van der Waals surface area (Å²) in [4.78, 5) is 0. The molecule has 0 radical (unpaired) electrons. The van der Waals surface area contributed by atoms with Crippen LogP contribution in [0.4, 0.5) is 0 Å². The number of rotatable bonds is 2. The molecule has 2 aromatic carbocycles. The van der Waals surface area contributed by atoms with E-state index in [4.69, 9.17) is 0 Å². The van der Waals surface area contributed by atoms with Crippen molar-refractivity contribution in [1.82, 2.24) is 0 Å². The molecule has 0 N–H and O–H groups in total. The Kier molecular flexibility index (Phi) is 15.4. The fourth-order valence-electron chi connectivity index (χ4n) is 3.53. The number of hydrogen-bond donors (Lipinski definition) is 0. The smallest absolute Gasteiger partial charge is 1.00 e. The van der Waals surface area contributed by atoms with E-state index in [-0.39, 0.29) is 30.3 Å². The van der Waals surface area contributed by atoms with Crippen LogP contribution in [-0.4, -0.2) is 5.49 Å². The molecule has 2 atom stereocenters. The molecular weight excluding hydrogens is 614 g/mol. The summed E-state index contributed by atoms with van der Waals surface area (Å²) >= 11 is 1.45. The van der Waals surface area contributed by atoms with Gasteiger partial charge in [0, 0.05) is 0 Å². The predicted octanol–water partition coefficient (Wildman–Crippen LogP) is 1.73. The minimum absolute atomic E-state index is 0. The van der Waals surface area contributed by atoms with Crippen molar-refractivity contribution in [3.63, 3.8) is 0 Å². The average Bonchev–Trinajstić information content (AvgIpc) is 3.23. The van der Waals surface area contributed by atoms with Crippen molar-refractivity contribution in [3.8, 4) is 0 Å². The largest absolute Gasteiger partial charge is 1.00 e. The molecule has 4 rings (SSSR count). The molecule has 0 bridgehead atoms. The first-order valence-corrected chi connectivity index (χ1v) is 18.4. The van der Waals surface area contributed by atoms with Gasteiger partial charge in [-0.3, -0.25) is 12.2 Å². The zero-order chi connectivity index (χ0) is 22.1. The first-order valence-electron chi connectivity index (χ1n) is 10.5. The van der Waals surface area contributed by atoms with Gasteiger partial charge >= 0.3 is 41.6 Å². The zero-order valence-corrected chi connectivity index (χ0v) is 25.9. The molecule has 0 saturated carbocycles. The molecule has 32 heavy (non-hydrogen) atoms. The quantitative estimate of drug-likeness (QED) is 0.345. The summed E-state index contributed by atoms with van der Waals surface area (Å²) in [5.74, 6) is 0.936. The van der Waals surface area contributed by atoms with E-state index in [1.807, 2.05) is 12.1 Å². The van der Waals surface area contributed by atoms with Gasteiger partial charge in [0.1, 0.15) is 0 Å². The predicted molar refractivity (Wildman–Crippen MR) is 130 cm³/mol. The topological polar surface area (TPSA) is 0 Å². The number of hydrogen-bond acceptors (Lipinski definition) is 0. The monoisotopic (exact) mass is 646 g/mol. The van der Waals surface area contributed by atoms with E-state index in [1.54, 1.807) is 0 Å². The van der Waals surface area contributed by atoms with Crippen molar-refractivity contribution in [2.24, 2.45) is 11.8 Å². The molecular formula is C28H32Cl2HfSi-2. The third kappa shape index (κ3) is 10.3. The van der Waals surface area contributed by atoms with Crippen LogP contribution in [0.3, 0.4) is 0 Å². The van der Waals surface area contributed by atoms with Gasteiger partial charge in [0.2, 0.25) is 0 Å². The molecule has 168 valence electrons. The molecule has 0 nitrogen and oxygen atoms in total. The van der Waals surface area contributed by atoms with Crippen LogP contribution in [-0.2, 0) is 23.0 Å². The second-order valence-electron chi connectivity index (χ2n) is 8.01. The number of benzene rings is 2. The van der Waals surface area contributed by atoms with E-state index >= 15 is 0 Å². The van der Waals surface area contributed by atoms with Gasteiger partial charge in [0.15, 0.2) is 0 Å². The summed E-state index contributed by atoms with van der Waals surface area (Å²) in [6.45, 7) is 13.2. The SMILES string of the molecule is CC1=[C-]C(C)C=C1c1ccccc1.CC1=[C-]C(C)C=C1c1ccccc1.C[Si](C)=[Hf+2].[Cl-].[Cl-]. The van der Waals surface area contributed by atoms with E-state index in [1.165, 1.54) is 56.4 Å². The van der Waals surface area contributed by atoms with Crippen molar-refractivity contribution in [3.05, 3.63) is 107 Å². The minimum Gasteiger partial charge on any atom is -1.00 e. The van der Waals surface area contributed by atoms with Gasteiger partial charge in [0.25, 0.3) is 0 Å². The Bertz CT molecular complexity index is 894. The molecule has 0 saturated heterocycles. The molecule has 2 aliphatic carbocycles. The van der Waals surface area contributed by atoms with Gasteiger partial charge < -0.3 is 24.8 Å². The van der Waals surface area contributed by atoms with Crippen LogP contribution in [0.15, 0.2) is 84.0 Å². The first-order chi connectivity index (χ1) is 14.3. The van der Waals surface area contributed by atoms with Crippen LogP contribution in [0.5, 0.6) is 0 Å². The Morgan fingerprint density at radius 3 is 1.16 bits per heavy atom. The van der Waals surface area contributed by atoms with Gasteiger partial charge in [0.05, 0.1) is 0 Å². The fourth-order valence-corrected chi connectivity index (χ4v) is 3.53. The van der Waals surface area contributed by atoms with Crippen molar-refractivity contribution < 1.29 is 47.8 Å². The molecule has 2 aliphatic rings. The Balaban J connectivity index is 0.000000490. The summed E-state index contributed by atoms with van der Waals surface area (Å²) in [7, 11) is 0. The van der Waals surface area contributed by atoms with Gasteiger partial charge in [-0.1, -0.05) is 100 Å².